The van der Waals surface area contributed by atoms with Crippen molar-refractivity contribution in [1.29, 1.82) is 0 Å². The van der Waals surface area contributed by atoms with Crippen molar-refractivity contribution in [3.8, 4) is 0 Å². The molecule has 0 fully saturated rings. The summed E-state index contributed by atoms with van der Waals surface area (Å²) in [6.07, 6.45) is 1.78. The number of hydrogen-bond acceptors (Lipinski definition) is 2. The Morgan fingerprint density at radius 1 is 1.11 bits per heavy atom. The van der Waals surface area contributed by atoms with Crippen molar-refractivity contribution in [1.82, 2.24) is 0 Å². The molecule has 0 aromatic heterocycles. The maximum absolute atomic E-state index is 11.2. The smallest absolute Gasteiger partial charge is 0.148 e. The van der Waals surface area contributed by atoms with Crippen molar-refractivity contribution in [3.05, 3.63) is 48.0 Å². The molecular weight excluding hydrogens is 268 g/mol. The van der Waals surface area contributed by atoms with Crippen LogP contribution < -0.4 is 0 Å². The molecule has 96 valence electrons. The van der Waals surface area contributed by atoms with Gasteiger partial charge in [0.1, 0.15) is 9.84 Å². The highest BCUT2D eigenvalue weighted by Gasteiger charge is 2.13. The second-order valence-corrected chi connectivity index (χ2v) is 7.38. The first-order valence-corrected chi connectivity index (χ1v) is 8.23. The number of alkyl halides is 1. The predicted molar refractivity (Wildman–Crippen MR) is 77.0 cm³/mol. The molecule has 2 nitrogen and oxygen atoms in total. The molecule has 0 radical (unpaired) electrons. The highest BCUT2D eigenvalue weighted by Crippen LogP contribution is 2.18. The Hall–Kier alpha value is -1.06. The van der Waals surface area contributed by atoms with Crippen LogP contribution in [0.2, 0.25) is 0 Å². The molecule has 18 heavy (non-hydrogen) atoms. The van der Waals surface area contributed by atoms with E-state index >= 15 is 0 Å². The third kappa shape index (κ3) is 3.72. The molecule has 0 saturated carbocycles. The highest BCUT2D eigenvalue weighted by atomic mass is 35.5. The molecule has 1 atom stereocenters. The lowest BCUT2D eigenvalue weighted by atomic mass is 10.0. The maximum Gasteiger partial charge on any atom is 0.148 e. The summed E-state index contributed by atoms with van der Waals surface area (Å²) in [6, 6.07) is 14.2. The van der Waals surface area contributed by atoms with Crippen LogP contribution in [0.25, 0.3) is 10.8 Å². The summed E-state index contributed by atoms with van der Waals surface area (Å²) in [4.78, 5) is 0. The second kappa shape index (κ2) is 5.29. The number of hydrogen-bond donors (Lipinski definition) is 0. The van der Waals surface area contributed by atoms with Crippen LogP contribution in [-0.2, 0) is 16.3 Å². The van der Waals surface area contributed by atoms with Gasteiger partial charge in [0, 0.05) is 6.26 Å². The van der Waals surface area contributed by atoms with Crippen molar-refractivity contribution in [2.75, 3.05) is 12.0 Å². The van der Waals surface area contributed by atoms with Crippen molar-refractivity contribution < 1.29 is 8.42 Å². The summed E-state index contributed by atoms with van der Waals surface area (Å²) < 4.78 is 22.3. The average Bonchev–Trinajstić information content (AvgIpc) is 2.26. The summed E-state index contributed by atoms with van der Waals surface area (Å²) >= 11 is 6.07. The quantitative estimate of drug-likeness (QED) is 0.808. The van der Waals surface area contributed by atoms with Crippen molar-refractivity contribution >= 4 is 32.2 Å². The molecule has 0 saturated heterocycles. The average molecular weight is 283 g/mol. The summed E-state index contributed by atoms with van der Waals surface area (Å²) in [5, 5.41) is 1.95. The lowest BCUT2D eigenvalue weighted by Crippen LogP contribution is -2.17. The molecule has 0 heterocycles. The van der Waals surface area contributed by atoms with Gasteiger partial charge in [-0.1, -0.05) is 42.5 Å². The maximum atomic E-state index is 11.2. The van der Waals surface area contributed by atoms with Crippen LogP contribution >= 0.6 is 11.6 Å². The molecule has 0 bridgehead atoms. The van der Waals surface area contributed by atoms with Gasteiger partial charge in [0.2, 0.25) is 0 Å². The van der Waals surface area contributed by atoms with Gasteiger partial charge >= 0.3 is 0 Å². The lowest BCUT2D eigenvalue weighted by Gasteiger charge is -2.09. The minimum absolute atomic E-state index is 0.0153. The zero-order valence-electron chi connectivity index (χ0n) is 10.1. The summed E-state index contributed by atoms with van der Waals surface area (Å²) in [5.74, 6) is 0.0153. The first-order valence-electron chi connectivity index (χ1n) is 5.73. The Morgan fingerprint density at radius 3 is 2.44 bits per heavy atom. The number of rotatable bonds is 4. The molecule has 0 aliphatic heterocycles. The monoisotopic (exact) mass is 282 g/mol. The Labute approximate surface area is 113 Å². The largest absolute Gasteiger partial charge is 0.229 e. The molecule has 0 amide bonds. The summed E-state index contributed by atoms with van der Waals surface area (Å²) in [5.41, 5.74) is 1.07. The van der Waals surface area contributed by atoms with E-state index in [1.807, 2.05) is 36.4 Å². The van der Waals surface area contributed by atoms with Crippen LogP contribution in [0.1, 0.15) is 5.56 Å². The van der Waals surface area contributed by atoms with E-state index < -0.39 is 9.84 Å². The summed E-state index contributed by atoms with van der Waals surface area (Å²) in [6.45, 7) is 0. The van der Waals surface area contributed by atoms with Gasteiger partial charge in [-0.05, 0) is 22.8 Å². The Kier molecular flexibility index (Phi) is 3.93. The van der Waals surface area contributed by atoms with Crippen LogP contribution in [-0.4, -0.2) is 25.8 Å². The molecular formula is C14H15ClO2S. The van der Waals surface area contributed by atoms with E-state index in [1.54, 1.807) is 0 Å². The van der Waals surface area contributed by atoms with Gasteiger partial charge < -0.3 is 0 Å². The summed E-state index contributed by atoms with van der Waals surface area (Å²) in [7, 11) is -3.02. The van der Waals surface area contributed by atoms with Gasteiger partial charge in [0.05, 0.1) is 11.1 Å². The van der Waals surface area contributed by atoms with E-state index in [-0.39, 0.29) is 11.1 Å². The zero-order chi connectivity index (χ0) is 13.2. The standard InChI is InChI=1S/C14H15ClO2S/c1-18(16,17)10-14(15)9-11-6-7-12-4-2-3-5-13(12)8-11/h2-8,14H,9-10H2,1H3. The van der Waals surface area contributed by atoms with Crippen LogP contribution in [0.5, 0.6) is 0 Å². The molecule has 4 heteroatoms. The van der Waals surface area contributed by atoms with Crippen LogP contribution in [0.15, 0.2) is 42.5 Å². The zero-order valence-corrected chi connectivity index (χ0v) is 11.7. The SMILES string of the molecule is CS(=O)(=O)CC(Cl)Cc1ccc2ccccc2c1. The van der Waals surface area contributed by atoms with E-state index in [0.29, 0.717) is 6.42 Å². The molecule has 2 aromatic rings. The highest BCUT2D eigenvalue weighted by molar-refractivity contribution is 7.90. The van der Waals surface area contributed by atoms with Gasteiger partial charge in [-0.3, -0.25) is 0 Å². The third-order valence-electron chi connectivity index (χ3n) is 2.75. The van der Waals surface area contributed by atoms with Crippen molar-refractivity contribution in [3.63, 3.8) is 0 Å². The fraction of sp³-hybridized carbons (Fsp3) is 0.286. The third-order valence-corrected chi connectivity index (χ3v) is 4.25. The molecule has 0 aliphatic carbocycles. The molecule has 1 unspecified atom stereocenters. The van der Waals surface area contributed by atoms with Gasteiger partial charge in [-0.15, -0.1) is 11.6 Å². The van der Waals surface area contributed by atoms with Crippen molar-refractivity contribution in [2.24, 2.45) is 0 Å². The van der Waals surface area contributed by atoms with Gasteiger partial charge in [-0.25, -0.2) is 8.42 Å². The first-order chi connectivity index (χ1) is 8.44. The Balaban J connectivity index is 2.17. The fourth-order valence-electron chi connectivity index (χ4n) is 2.01. The van der Waals surface area contributed by atoms with Gasteiger partial charge in [0.25, 0.3) is 0 Å². The Bertz CT molecular complexity index is 650. The lowest BCUT2D eigenvalue weighted by molar-refractivity contribution is 0.599. The van der Waals surface area contributed by atoms with E-state index in [9.17, 15) is 8.42 Å². The predicted octanol–water partition coefficient (Wildman–Crippen LogP) is 3.03. The van der Waals surface area contributed by atoms with Crippen LogP contribution in [0.3, 0.4) is 0 Å². The van der Waals surface area contributed by atoms with Crippen LogP contribution in [0, 0.1) is 0 Å². The molecule has 2 aromatic carbocycles. The molecule has 0 N–H and O–H groups in total. The van der Waals surface area contributed by atoms with E-state index in [2.05, 4.69) is 6.07 Å². The number of fused-ring (bicyclic) bond motifs is 1. The number of halogens is 1. The van der Waals surface area contributed by atoms with E-state index in [1.165, 1.54) is 11.6 Å². The van der Waals surface area contributed by atoms with Crippen LogP contribution in [0.4, 0.5) is 0 Å². The molecule has 0 spiro atoms. The number of sulfone groups is 1. The van der Waals surface area contributed by atoms with Crippen molar-refractivity contribution in [2.45, 2.75) is 11.8 Å². The number of benzene rings is 2. The normalized spacial score (nSPS) is 13.7. The Morgan fingerprint density at radius 2 is 1.78 bits per heavy atom. The molecule has 0 aliphatic rings. The first kappa shape index (κ1) is 13.4. The minimum atomic E-state index is -3.02. The second-order valence-electron chi connectivity index (χ2n) is 4.58. The minimum Gasteiger partial charge on any atom is -0.229 e. The van der Waals surface area contributed by atoms with Gasteiger partial charge in [-0.2, -0.15) is 0 Å². The molecule has 2 rings (SSSR count). The fourth-order valence-corrected chi connectivity index (χ4v) is 3.65. The van der Waals surface area contributed by atoms with E-state index in [0.717, 1.165) is 10.9 Å². The van der Waals surface area contributed by atoms with E-state index in [4.69, 9.17) is 11.6 Å². The van der Waals surface area contributed by atoms with Gasteiger partial charge in [0.15, 0.2) is 0 Å². The topological polar surface area (TPSA) is 34.1 Å².